The fraction of sp³-hybridized carbons (Fsp3) is 0.278. The fourth-order valence-electron chi connectivity index (χ4n) is 2.55. The molecule has 0 aliphatic heterocycles. The molecule has 0 fully saturated rings. The molecule has 148 valence electrons. The van der Waals surface area contributed by atoms with Crippen molar-refractivity contribution in [3.8, 4) is 0 Å². The van der Waals surface area contributed by atoms with Gasteiger partial charge in [0.1, 0.15) is 0 Å². The molecule has 9 nitrogen and oxygen atoms in total. The highest BCUT2D eigenvalue weighted by Crippen LogP contribution is 2.20. The minimum Gasteiger partial charge on any atom is -0.321 e. The summed E-state index contributed by atoms with van der Waals surface area (Å²) >= 11 is 0. The number of hydrogen-bond acceptors (Lipinski definition) is 5. The predicted octanol–water partition coefficient (Wildman–Crippen LogP) is 2.26. The van der Waals surface area contributed by atoms with E-state index in [0.29, 0.717) is 11.4 Å². The molecule has 0 aliphatic rings. The first kappa shape index (κ1) is 19.8. The van der Waals surface area contributed by atoms with E-state index >= 15 is 0 Å². The molecule has 0 spiro atoms. The average molecular weight is 402 g/mol. The highest BCUT2D eigenvalue weighted by Gasteiger charge is 2.22. The molecule has 1 aromatic carbocycles. The largest absolute Gasteiger partial charge is 0.321 e. The van der Waals surface area contributed by atoms with Gasteiger partial charge in [0.2, 0.25) is 10.0 Å². The average Bonchev–Trinajstić information content (AvgIpc) is 3.33. The van der Waals surface area contributed by atoms with Gasteiger partial charge in [0.15, 0.2) is 5.69 Å². The summed E-state index contributed by atoms with van der Waals surface area (Å²) in [6.45, 7) is 4.08. The van der Waals surface area contributed by atoms with Crippen LogP contribution in [0.3, 0.4) is 0 Å². The first-order valence-corrected chi connectivity index (χ1v) is 10.1. The summed E-state index contributed by atoms with van der Waals surface area (Å²) < 4.78 is 28.5. The minimum absolute atomic E-state index is 0.0834. The second-order valence-corrected chi connectivity index (χ2v) is 8.64. The molecule has 0 saturated heterocycles. The minimum atomic E-state index is -3.73. The lowest BCUT2D eigenvalue weighted by molar-refractivity contribution is 0.102. The van der Waals surface area contributed by atoms with Crippen LogP contribution in [-0.4, -0.2) is 45.7 Å². The van der Waals surface area contributed by atoms with Crippen LogP contribution in [0, 0.1) is 0 Å². The summed E-state index contributed by atoms with van der Waals surface area (Å²) in [7, 11) is -2.24. The summed E-state index contributed by atoms with van der Waals surface area (Å²) in [5, 5.41) is 13.5. The normalized spacial score (nSPS) is 11.9. The molecule has 0 bridgehead atoms. The summed E-state index contributed by atoms with van der Waals surface area (Å²) in [5.41, 5.74) is 1.31. The van der Waals surface area contributed by atoms with E-state index in [1.165, 1.54) is 23.5 Å². The van der Waals surface area contributed by atoms with Crippen molar-refractivity contribution in [1.29, 1.82) is 0 Å². The highest BCUT2D eigenvalue weighted by molar-refractivity contribution is 7.89. The lowest BCUT2D eigenvalue weighted by Gasteiger charge is -2.17. The Morgan fingerprint density at radius 1 is 1.29 bits per heavy atom. The predicted molar refractivity (Wildman–Crippen MR) is 104 cm³/mol. The van der Waals surface area contributed by atoms with Crippen molar-refractivity contribution in [3.05, 3.63) is 60.2 Å². The molecule has 0 radical (unpaired) electrons. The van der Waals surface area contributed by atoms with Crippen LogP contribution in [0.4, 0.5) is 5.69 Å². The first-order chi connectivity index (χ1) is 13.3. The summed E-state index contributed by atoms with van der Waals surface area (Å²) in [4.78, 5) is 12.5. The number of sulfonamides is 1. The van der Waals surface area contributed by atoms with Crippen LogP contribution in [0.25, 0.3) is 0 Å². The second kappa shape index (κ2) is 7.95. The van der Waals surface area contributed by atoms with Crippen LogP contribution >= 0.6 is 0 Å². The maximum atomic E-state index is 12.8. The van der Waals surface area contributed by atoms with Gasteiger partial charge in [0, 0.05) is 31.2 Å². The van der Waals surface area contributed by atoms with Gasteiger partial charge in [-0.15, -0.1) is 0 Å². The van der Waals surface area contributed by atoms with E-state index in [1.807, 2.05) is 13.8 Å². The van der Waals surface area contributed by atoms with E-state index < -0.39 is 15.9 Å². The Morgan fingerprint density at radius 2 is 2.07 bits per heavy atom. The Labute approximate surface area is 163 Å². The van der Waals surface area contributed by atoms with E-state index in [4.69, 9.17) is 0 Å². The van der Waals surface area contributed by atoms with Gasteiger partial charge in [0.05, 0.1) is 17.1 Å². The Hall–Kier alpha value is -2.98. The van der Waals surface area contributed by atoms with Crippen molar-refractivity contribution in [2.24, 2.45) is 0 Å². The van der Waals surface area contributed by atoms with Crippen molar-refractivity contribution in [2.45, 2.75) is 31.3 Å². The number of benzene rings is 1. The van der Waals surface area contributed by atoms with Gasteiger partial charge in [-0.3, -0.25) is 14.6 Å². The number of aromatic amines is 1. The number of hydrogen-bond donors (Lipinski definition) is 2. The summed E-state index contributed by atoms with van der Waals surface area (Å²) in [6, 6.07) is 9.59. The molecule has 10 heteroatoms. The molecule has 2 aromatic heterocycles. The van der Waals surface area contributed by atoms with Crippen molar-refractivity contribution >= 4 is 21.6 Å². The smallest absolute Gasteiger partial charge is 0.276 e. The van der Waals surface area contributed by atoms with E-state index in [0.717, 1.165) is 0 Å². The maximum absolute atomic E-state index is 12.8. The quantitative estimate of drug-likeness (QED) is 0.629. The van der Waals surface area contributed by atoms with Crippen molar-refractivity contribution < 1.29 is 13.2 Å². The van der Waals surface area contributed by atoms with Crippen LogP contribution < -0.4 is 5.32 Å². The van der Waals surface area contributed by atoms with E-state index in [-0.39, 0.29) is 23.2 Å². The Kier molecular flexibility index (Phi) is 5.61. The van der Waals surface area contributed by atoms with Gasteiger partial charge >= 0.3 is 0 Å². The summed E-state index contributed by atoms with van der Waals surface area (Å²) in [5.74, 6) is -0.403. The van der Waals surface area contributed by atoms with E-state index in [2.05, 4.69) is 20.6 Å². The topological polar surface area (TPSA) is 113 Å². The van der Waals surface area contributed by atoms with Crippen LogP contribution in [0.5, 0.6) is 0 Å². The fourth-order valence-corrected chi connectivity index (χ4v) is 3.75. The third-order valence-electron chi connectivity index (χ3n) is 4.12. The van der Waals surface area contributed by atoms with E-state index in [9.17, 15) is 13.2 Å². The van der Waals surface area contributed by atoms with Gasteiger partial charge in [-0.25, -0.2) is 8.42 Å². The number of rotatable bonds is 7. The molecule has 0 atom stereocenters. The number of carbonyl (C=O) groups excluding carboxylic acids is 1. The van der Waals surface area contributed by atoms with Crippen LogP contribution in [0.2, 0.25) is 0 Å². The number of nitrogens with zero attached hydrogens (tertiary/aromatic N) is 4. The zero-order valence-electron chi connectivity index (χ0n) is 15.8. The van der Waals surface area contributed by atoms with Gasteiger partial charge in [-0.1, -0.05) is 6.07 Å². The molecule has 3 aromatic rings. The third-order valence-corrected chi connectivity index (χ3v) is 5.92. The molecule has 2 N–H and O–H groups in total. The second-order valence-electron chi connectivity index (χ2n) is 6.60. The molecule has 0 saturated carbocycles. The Balaban J connectivity index is 1.76. The Bertz CT molecular complexity index is 1060. The number of aromatic nitrogens is 4. The van der Waals surface area contributed by atoms with Crippen LogP contribution in [0.15, 0.2) is 53.7 Å². The van der Waals surface area contributed by atoms with Gasteiger partial charge in [0.25, 0.3) is 5.91 Å². The van der Waals surface area contributed by atoms with Crippen molar-refractivity contribution in [2.75, 3.05) is 12.4 Å². The molecule has 3 rings (SSSR count). The number of H-pyrrole nitrogens is 1. The SMILES string of the molecule is CC(C)n1ccc(C(=O)Nc2cccc(S(=O)(=O)N(C)Cc3ccn[nH]3)c2)n1. The van der Waals surface area contributed by atoms with Crippen molar-refractivity contribution in [1.82, 2.24) is 24.3 Å². The summed E-state index contributed by atoms with van der Waals surface area (Å²) in [6.07, 6.45) is 3.29. The Morgan fingerprint density at radius 3 is 2.71 bits per heavy atom. The molecular weight excluding hydrogens is 380 g/mol. The van der Waals surface area contributed by atoms with Gasteiger partial charge < -0.3 is 5.32 Å². The zero-order valence-corrected chi connectivity index (χ0v) is 16.6. The highest BCUT2D eigenvalue weighted by atomic mass is 32.2. The first-order valence-electron chi connectivity index (χ1n) is 8.68. The third kappa shape index (κ3) is 4.29. The van der Waals surface area contributed by atoms with Crippen LogP contribution in [-0.2, 0) is 16.6 Å². The molecular formula is C18H22N6O3S. The standard InChI is InChI=1S/C18H22N6O3S/c1-13(2)24-10-8-17(22-24)18(25)20-14-5-4-6-16(11-14)28(26,27)23(3)12-15-7-9-19-21-15/h4-11,13H,12H2,1-3H3,(H,19,21)(H,20,25). The molecule has 1 amide bonds. The zero-order chi connectivity index (χ0) is 20.3. The van der Waals surface area contributed by atoms with Gasteiger partial charge in [-0.05, 0) is 44.2 Å². The lowest BCUT2D eigenvalue weighted by atomic mass is 10.3. The number of nitrogens with one attached hydrogen (secondary N) is 2. The molecule has 0 unspecified atom stereocenters. The monoisotopic (exact) mass is 402 g/mol. The molecule has 2 heterocycles. The number of amides is 1. The number of anilines is 1. The van der Waals surface area contributed by atoms with Gasteiger partial charge in [-0.2, -0.15) is 14.5 Å². The number of carbonyl (C=O) groups is 1. The van der Waals surface area contributed by atoms with Crippen LogP contribution in [0.1, 0.15) is 36.1 Å². The lowest BCUT2D eigenvalue weighted by Crippen LogP contribution is -2.26. The maximum Gasteiger partial charge on any atom is 0.276 e. The molecule has 28 heavy (non-hydrogen) atoms. The van der Waals surface area contributed by atoms with E-state index in [1.54, 1.807) is 41.3 Å². The van der Waals surface area contributed by atoms with Crippen molar-refractivity contribution in [3.63, 3.8) is 0 Å². The molecule has 0 aliphatic carbocycles.